The van der Waals surface area contributed by atoms with Gasteiger partial charge in [-0.2, -0.15) is 0 Å². The van der Waals surface area contributed by atoms with Crippen LogP contribution in [0.25, 0.3) is 0 Å². The molecule has 0 bridgehead atoms. The van der Waals surface area contributed by atoms with Crippen molar-refractivity contribution in [1.82, 2.24) is 4.98 Å². The second-order valence-corrected chi connectivity index (χ2v) is 7.22. The molecule has 0 spiro atoms. The van der Waals surface area contributed by atoms with Gasteiger partial charge in [0.1, 0.15) is 11.4 Å². The molecule has 0 amide bonds. The molecule has 1 aromatic heterocycles. The number of aliphatic hydroxyl groups excluding tert-OH is 1. The Kier molecular flexibility index (Phi) is 4.71. The zero-order valence-corrected chi connectivity index (χ0v) is 13.9. The largest absolute Gasteiger partial charge is 0.512 e. The molecule has 1 N–H and O–H groups in total. The zero-order chi connectivity index (χ0) is 15.6. The van der Waals surface area contributed by atoms with Crippen molar-refractivity contribution in [2.75, 3.05) is 0 Å². The minimum atomic E-state index is -0.625. The van der Waals surface area contributed by atoms with Gasteiger partial charge in [0.05, 0.1) is 16.8 Å². The molecule has 1 aromatic rings. The topological polar surface area (TPSA) is 59.4 Å². The fraction of sp³-hybridized carbons (Fsp3) is 0.625. The Bertz CT molecular complexity index is 547. The van der Waals surface area contributed by atoms with Crippen LogP contribution in [0.2, 0.25) is 0 Å². The number of esters is 1. The predicted molar refractivity (Wildman–Crippen MR) is 83.5 cm³/mol. The van der Waals surface area contributed by atoms with Crippen LogP contribution in [0.1, 0.15) is 57.2 Å². The summed E-state index contributed by atoms with van der Waals surface area (Å²) in [5.74, 6) is 0.229. The molecule has 0 saturated heterocycles. The van der Waals surface area contributed by atoms with Crippen molar-refractivity contribution in [3.63, 3.8) is 0 Å². The van der Waals surface area contributed by atoms with Crippen molar-refractivity contribution < 1.29 is 14.6 Å². The van der Waals surface area contributed by atoms with Crippen molar-refractivity contribution in [2.24, 2.45) is 5.92 Å². The fourth-order valence-electron chi connectivity index (χ4n) is 2.53. The standard InChI is InChI=1S/C16H23NO3S/c1-10(2)13-9-21-14(17-13)5-6-16(11(3)4)8-12(18)7-15(19)20-16/h7,9-11,18H,5-6,8H2,1-4H3. The van der Waals surface area contributed by atoms with E-state index in [1.54, 1.807) is 11.3 Å². The number of cyclic esters (lactones) is 1. The maximum absolute atomic E-state index is 11.6. The molecule has 0 fully saturated rings. The summed E-state index contributed by atoms with van der Waals surface area (Å²) in [6, 6.07) is 0. The van der Waals surface area contributed by atoms with Gasteiger partial charge in [0.2, 0.25) is 0 Å². The fourth-order valence-corrected chi connectivity index (χ4v) is 3.49. The third-order valence-corrected chi connectivity index (χ3v) is 4.97. The lowest BCUT2D eigenvalue weighted by Crippen LogP contribution is -2.43. The van der Waals surface area contributed by atoms with Gasteiger partial charge in [-0.3, -0.25) is 0 Å². The molecule has 0 aliphatic carbocycles. The Labute approximate surface area is 129 Å². The van der Waals surface area contributed by atoms with E-state index in [0.29, 0.717) is 18.8 Å². The van der Waals surface area contributed by atoms with Gasteiger partial charge in [0, 0.05) is 18.2 Å². The predicted octanol–water partition coefficient (Wildman–Crippen LogP) is 3.98. The number of nitrogens with zero attached hydrogens (tertiary/aromatic N) is 1. The lowest BCUT2D eigenvalue weighted by Gasteiger charge is -2.38. The highest BCUT2D eigenvalue weighted by Crippen LogP contribution is 2.36. The van der Waals surface area contributed by atoms with Crippen LogP contribution in [0.4, 0.5) is 0 Å². The SMILES string of the molecule is CC(C)c1csc(CCC2(C(C)C)CC(O)=CC(=O)O2)n1. The highest BCUT2D eigenvalue weighted by Gasteiger charge is 2.41. The molecule has 0 radical (unpaired) electrons. The molecule has 0 aromatic carbocycles. The van der Waals surface area contributed by atoms with Crippen LogP contribution >= 0.6 is 11.3 Å². The highest BCUT2D eigenvalue weighted by molar-refractivity contribution is 7.09. The van der Waals surface area contributed by atoms with Crippen molar-refractivity contribution in [3.05, 3.63) is 27.9 Å². The summed E-state index contributed by atoms with van der Waals surface area (Å²) in [6.07, 6.45) is 3.00. The average molecular weight is 309 g/mol. The van der Waals surface area contributed by atoms with E-state index < -0.39 is 11.6 Å². The second-order valence-electron chi connectivity index (χ2n) is 6.27. The van der Waals surface area contributed by atoms with Gasteiger partial charge in [-0.15, -0.1) is 11.3 Å². The van der Waals surface area contributed by atoms with Gasteiger partial charge >= 0.3 is 5.97 Å². The summed E-state index contributed by atoms with van der Waals surface area (Å²) in [4.78, 5) is 16.3. The van der Waals surface area contributed by atoms with Crippen molar-refractivity contribution in [2.45, 2.75) is 58.5 Å². The molecule has 1 unspecified atom stereocenters. The average Bonchev–Trinajstić information content (AvgIpc) is 2.84. The lowest BCUT2D eigenvalue weighted by atomic mass is 9.81. The minimum absolute atomic E-state index is 0.113. The summed E-state index contributed by atoms with van der Waals surface area (Å²) in [7, 11) is 0. The number of hydrogen-bond donors (Lipinski definition) is 1. The number of thiazole rings is 1. The van der Waals surface area contributed by atoms with E-state index in [2.05, 4.69) is 24.2 Å². The van der Waals surface area contributed by atoms with E-state index in [0.717, 1.165) is 17.1 Å². The molecule has 116 valence electrons. The monoisotopic (exact) mass is 309 g/mol. The molecule has 2 heterocycles. The highest BCUT2D eigenvalue weighted by atomic mass is 32.1. The van der Waals surface area contributed by atoms with E-state index in [1.165, 1.54) is 6.08 Å². The molecule has 1 aliphatic rings. The summed E-state index contributed by atoms with van der Waals surface area (Å²) in [5.41, 5.74) is 0.483. The smallest absolute Gasteiger partial charge is 0.334 e. The van der Waals surface area contributed by atoms with Crippen LogP contribution < -0.4 is 0 Å². The summed E-state index contributed by atoms with van der Waals surface area (Å²) in [6.45, 7) is 8.29. The number of ether oxygens (including phenoxy) is 1. The van der Waals surface area contributed by atoms with Gasteiger partial charge < -0.3 is 9.84 Å². The number of carbonyl (C=O) groups excluding carboxylic acids is 1. The molecule has 1 atom stereocenters. The molecular formula is C16H23NO3S. The number of aliphatic hydroxyl groups is 1. The molecule has 2 rings (SSSR count). The molecule has 21 heavy (non-hydrogen) atoms. The molecular weight excluding hydrogens is 286 g/mol. The van der Waals surface area contributed by atoms with Gasteiger partial charge in [-0.1, -0.05) is 27.7 Å². The number of rotatable bonds is 5. The van der Waals surface area contributed by atoms with Crippen LogP contribution in [0.15, 0.2) is 17.2 Å². The minimum Gasteiger partial charge on any atom is -0.512 e. The number of carbonyl (C=O) groups is 1. The van der Waals surface area contributed by atoms with Crippen LogP contribution in [0, 0.1) is 5.92 Å². The van der Waals surface area contributed by atoms with Gasteiger partial charge in [-0.05, 0) is 18.3 Å². The quantitative estimate of drug-likeness (QED) is 0.836. The Morgan fingerprint density at radius 3 is 2.67 bits per heavy atom. The first-order valence-corrected chi connectivity index (χ1v) is 8.27. The van der Waals surface area contributed by atoms with E-state index >= 15 is 0 Å². The molecule has 0 saturated carbocycles. The number of hydrogen-bond acceptors (Lipinski definition) is 5. The van der Waals surface area contributed by atoms with Gasteiger partial charge in [0.15, 0.2) is 0 Å². The number of aryl methyl sites for hydroxylation is 1. The number of aromatic nitrogens is 1. The van der Waals surface area contributed by atoms with Gasteiger partial charge in [-0.25, -0.2) is 9.78 Å². The Balaban J connectivity index is 2.10. The van der Waals surface area contributed by atoms with Crippen LogP contribution in [0.3, 0.4) is 0 Å². The summed E-state index contributed by atoms with van der Waals surface area (Å²) in [5, 5.41) is 12.9. The first-order chi connectivity index (χ1) is 9.82. The van der Waals surface area contributed by atoms with Crippen LogP contribution in [0.5, 0.6) is 0 Å². The third-order valence-electron chi connectivity index (χ3n) is 4.04. The first kappa shape index (κ1) is 16.0. The molecule has 1 aliphatic heterocycles. The first-order valence-electron chi connectivity index (χ1n) is 7.39. The molecule has 4 nitrogen and oxygen atoms in total. The maximum atomic E-state index is 11.6. The van der Waals surface area contributed by atoms with E-state index in [9.17, 15) is 9.90 Å². The Morgan fingerprint density at radius 1 is 1.43 bits per heavy atom. The Morgan fingerprint density at radius 2 is 2.14 bits per heavy atom. The Hall–Kier alpha value is -1.36. The lowest BCUT2D eigenvalue weighted by molar-refractivity contribution is -0.163. The zero-order valence-electron chi connectivity index (χ0n) is 13.0. The van der Waals surface area contributed by atoms with Crippen molar-refractivity contribution in [3.8, 4) is 0 Å². The van der Waals surface area contributed by atoms with Crippen molar-refractivity contribution in [1.29, 1.82) is 0 Å². The van der Waals surface area contributed by atoms with E-state index in [-0.39, 0.29) is 11.7 Å². The summed E-state index contributed by atoms with van der Waals surface area (Å²) >= 11 is 1.65. The van der Waals surface area contributed by atoms with Crippen LogP contribution in [-0.4, -0.2) is 21.7 Å². The van der Waals surface area contributed by atoms with E-state index in [1.807, 2.05) is 13.8 Å². The third kappa shape index (κ3) is 3.64. The van der Waals surface area contributed by atoms with Crippen molar-refractivity contribution >= 4 is 17.3 Å². The van der Waals surface area contributed by atoms with E-state index in [4.69, 9.17) is 4.74 Å². The second kappa shape index (κ2) is 6.18. The molecule has 5 heteroatoms. The normalized spacial score (nSPS) is 22.6. The van der Waals surface area contributed by atoms with Crippen LogP contribution in [-0.2, 0) is 16.0 Å². The summed E-state index contributed by atoms with van der Waals surface area (Å²) < 4.78 is 5.58. The maximum Gasteiger partial charge on any atom is 0.334 e. The van der Waals surface area contributed by atoms with Gasteiger partial charge in [0.25, 0.3) is 0 Å².